The molecule has 0 spiro atoms. The van der Waals surface area contributed by atoms with Gasteiger partial charge in [0.1, 0.15) is 11.9 Å². The Morgan fingerprint density at radius 1 is 1.17 bits per heavy atom. The number of amides is 3. The molecule has 2 aromatic carbocycles. The maximum absolute atomic E-state index is 15.2. The van der Waals surface area contributed by atoms with Gasteiger partial charge in [-0.15, -0.1) is 11.3 Å². The molecule has 1 unspecified atom stereocenters. The Kier molecular flexibility index (Phi) is 5.62. The molecule has 0 bridgehead atoms. The first-order valence-electron chi connectivity index (χ1n) is 12.1. The molecule has 2 saturated heterocycles. The molecule has 3 aliphatic rings. The Morgan fingerprint density at radius 2 is 1.97 bits per heavy atom. The summed E-state index contributed by atoms with van der Waals surface area (Å²) >= 11 is 1.61. The van der Waals surface area contributed by atoms with Gasteiger partial charge in [0, 0.05) is 43.7 Å². The number of carbonyl (C=O) groups is 3. The van der Waals surface area contributed by atoms with Crippen LogP contribution in [0.25, 0.3) is 10.2 Å². The van der Waals surface area contributed by atoms with Crippen LogP contribution in [0.5, 0.6) is 0 Å². The highest BCUT2D eigenvalue weighted by Gasteiger charge is 2.42. The predicted molar refractivity (Wildman–Crippen MR) is 130 cm³/mol. The van der Waals surface area contributed by atoms with Gasteiger partial charge in [0.05, 0.1) is 21.3 Å². The molecule has 0 saturated carbocycles. The van der Waals surface area contributed by atoms with Gasteiger partial charge in [0.25, 0.3) is 5.91 Å². The van der Waals surface area contributed by atoms with Gasteiger partial charge in [-0.05, 0) is 54.7 Å². The molecular formula is C26H25FN4O4S. The van der Waals surface area contributed by atoms with Crippen LogP contribution in [0.4, 0.5) is 4.39 Å². The molecule has 3 amide bonds. The second kappa shape index (κ2) is 8.72. The number of hydrogen-bond donors (Lipinski definition) is 2. The van der Waals surface area contributed by atoms with Crippen molar-refractivity contribution in [3.63, 3.8) is 0 Å². The first-order chi connectivity index (χ1) is 17.3. The third-order valence-corrected chi connectivity index (χ3v) is 8.41. The summed E-state index contributed by atoms with van der Waals surface area (Å²) in [7, 11) is 0. The van der Waals surface area contributed by atoms with Crippen molar-refractivity contribution in [3.05, 3.63) is 63.9 Å². The molecule has 1 aromatic heterocycles. The van der Waals surface area contributed by atoms with Gasteiger partial charge in [0.15, 0.2) is 0 Å². The number of nitrogens with zero attached hydrogens (tertiary/aromatic N) is 3. The summed E-state index contributed by atoms with van der Waals surface area (Å²) in [5.74, 6) is -1.90. The van der Waals surface area contributed by atoms with Crippen LogP contribution in [0.3, 0.4) is 0 Å². The van der Waals surface area contributed by atoms with E-state index in [1.54, 1.807) is 17.4 Å². The summed E-state index contributed by atoms with van der Waals surface area (Å²) in [5, 5.41) is 13.7. The number of benzene rings is 2. The Bertz CT molecular complexity index is 1400. The first kappa shape index (κ1) is 23.2. The maximum Gasteiger partial charge on any atom is 0.255 e. The number of aliphatic hydroxyl groups is 1. The van der Waals surface area contributed by atoms with Crippen molar-refractivity contribution in [1.82, 2.24) is 20.1 Å². The number of likely N-dealkylation sites (tertiary alicyclic amines) is 1. The van der Waals surface area contributed by atoms with E-state index in [1.807, 2.05) is 5.51 Å². The minimum atomic E-state index is -1.33. The van der Waals surface area contributed by atoms with Crippen LogP contribution in [-0.2, 0) is 28.3 Å². The van der Waals surface area contributed by atoms with Gasteiger partial charge in [0.2, 0.25) is 11.8 Å². The molecule has 6 rings (SSSR count). The average Bonchev–Trinajstić information content (AvgIpc) is 3.44. The van der Waals surface area contributed by atoms with E-state index in [9.17, 15) is 19.5 Å². The van der Waals surface area contributed by atoms with Crippen molar-refractivity contribution < 1.29 is 23.9 Å². The topological polar surface area (TPSA) is 103 Å². The molecule has 10 heteroatoms. The molecule has 3 aromatic rings. The largest absolute Gasteiger partial charge is 0.385 e. The van der Waals surface area contributed by atoms with Gasteiger partial charge >= 0.3 is 0 Å². The molecule has 1 atom stereocenters. The number of hydrogen-bond acceptors (Lipinski definition) is 7. The highest BCUT2D eigenvalue weighted by Crippen LogP contribution is 2.38. The van der Waals surface area contributed by atoms with Gasteiger partial charge in [-0.2, -0.15) is 0 Å². The molecule has 4 heterocycles. The van der Waals surface area contributed by atoms with Crippen molar-refractivity contribution in [2.45, 2.75) is 50.4 Å². The van der Waals surface area contributed by atoms with Crippen LogP contribution in [0.1, 0.15) is 52.7 Å². The van der Waals surface area contributed by atoms with Gasteiger partial charge < -0.3 is 10.0 Å². The first-order valence-corrected chi connectivity index (χ1v) is 12.9. The average molecular weight is 509 g/mol. The number of rotatable bonds is 4. The van der Waals surface area contributed by atoms with E-state index in [1.165, 1.54) is 11.0 Å². The molecule has 0 aliphatic carbocycles. The van der Waals surface area contributed by atoms with E-state index < -0.39 is 29.3 Å². The molecule has 8 nitrogen and oxygen atoms in total. The zero-order chi connectivity index (χ0) is 25.0. The van der Waals surface area contributed by atoms with Crippen molar-refractivity contribution >= 4 is 39.3 Å². The molecule has 186 valence electrons. The Labute approximate surface area is 210 Å². The van der Waals surface area contributed by atoms with E-state index in [4.69, 9.17) is 0 Å². The van der Waals surface area contributed by atoms with E-state index >= 15 is 4.39 Å². The lowest BCUT2D eigenvalue weighted by atomic mass is 9.82. The van der Waals surface area contributed by atoms with Crippen LogP contribution in [0.2, 0.25) is 0 Å². The fourth-order valence-electron chi connectivity index (χ4n) is 5.56. The second-order valence-corrected chi connectivity index (χ2v) is 10.7. The monoisotopic (exact) mass is 508 g/mol. The fraction of sp³-hybridized carbons (Fsp3) is 0.385. The molecule has 2 fully saturated rings. The minimum absolute atomic E-state index is 0.148. The third-order valence-electron chi connectivity index (χ3n) is 7.60. The van der Waals surface area contributed by atoms with Crippen molar-refractivity contribution in [1.29, 1.82) is 0 Å². The standard InChI is InChI=1S/C26H25FN4O4S/c27-19-11-17-16(13-31(25(17)34)21-2-4-23(32)29-24(21)33)10-18(19)26(35)5-7-30(8-6-26)12-15-1-3-22-20(9-15)28-14-36-22/h1,3,9-11,14,21,35H,2,4-8,12-13H2,(H,29,32,33). The molecule has 0 radical (unpaired) electrons. The number of aromatic nitrogens is 1. The van der Waals surface area contributed by atoms with Gasteiger partial charge in [-0.3, -0.25) is 24.6 Å². The summed E-state index contributed by atoms with van der Waals surface area (Å²) in [5.41, 5.74) is 3.62. The second-order valence-electron chi connectivity index (χ2n) is 9.85. The summed E-state index contributed by atoms with van der Waals surface area (Å²) in [6, 6.07) is 8.25. The third kappa shape index (κ3) is 3.99. The van der Waals surface area contributed by atoms with Crippen LogP contribution < -0.4 is 5.32 Å². The summed E-state index contributed by atoms with van der Waals surface area (Å²) in [6.45, 7) is 2.08. The van der Waals surface area contributed by atoms with Crippen molar-refractivity contribution in [2.75, 3.05) is 13.1 Å². The van der Waals surface area contributed by atoms with E-state index in [0.717, 1.165) is 22.3 Å². The van der Waals surface area contributed by atoms with Crippen LogP contribution in [0.15, 0.2) is 35.8 Å². The summed E-state index contributed by atoms with van der Waals surface area (Å²) < 4.78 is 16.4. The normalized spacial score (nSPS) is 22.2. The number of fused-ring (bicyclic) bond motifs is 2. The summed E-state index contributed by atoms with van der Waals surface area (Å²) in [4.78, 5) is 44.7. The molecule has 36 heavy (non-hydrogen) atoms. The lowest BCUT2D eigenvalue weighted by Gasteiger charge is -2.39. The predicted octanol–water partition coefficient (Wildman–Crippen LogP) is 2.68. The lowest BCUT2D eigenvalue weighted by Crippen LogP contribution is -2.52. The van der Waals surface area contributed by atoms with E-state index in [-0.39, 0.29) is 36.4 Å². The maximum atomic E-state index is 15.2. The zero-order valence-corrected chi connectivity index (χ0v) is 20.3. The zero-order valence-electron chi connectivity index (χ0n) is 19.5. The highest BCUT2D eigenvalue weighted by molar-refractivity contribution is 7.16. The minimum Gasteiger partial charge on any atom is -0.385 e. The number of thiazole rings is 1. The van der Waals surface area contributed by atoms with E-state index in [0.29, 0.717) is 31.5 Å². The number of imide groups is 1. The van der Waals surface area contributed by atoms with Crippen LogP contribution in [0, 0.1) is 5.82 Å². The molecule has 3 aliphatic heterocycles. The van der Waals surface area contributed by atoms with Gasteiger partial charge in [-0.1, -0.05) is 6.07 Å². The lowest BCUT2D eigenvalue weighted by molar-refractivity contribution is -0.136. The highest BCUT2D eigenvalue weighted by atomic mass is 32.1. The summed E-state index contributed by atoms with van der Waals surface area (Å²) in [6.07, 6.45) is 1.14. The number of halogens is 1. The Morgan fingerprint density at radius 3 is 2.75 bits per heavy atom. The van der Waals surface area contributed by atoms with Crippen molar-refractivity contribution in [2.24, 2.45) is 0 Å². The van der Waals surface area contributed by atoms with Crippen molar-refractivity contribution in [3.8, 4) is 0 Å². The van der Waals surface area contributed by atoms with Crippen LogP contribution in [-0.4, -0.2) is 56.7 Å². The Balaban J connectivity index is 1.17. The SMILES string of the molecule is O=C1CCC(N2Cc3cc(C4(O)CCN(Cc5ccc6scnc6c5)CC4)c(F)cc3C2=O)C(=O)N1. The fourth-order valence-corrected chi connectivity index (χ4v) is 6.22. The Hall–Kier alpha value is -3.21. The van der Waals surface area contributed by atoms with Crippen LogP contribution >= 0.6 is 11.3 Å². The molecular weight excluding hydrogens is 483 g/mol. The number of carbonyl (C=O) groups excluding carboxylic acids is 3. The van der Waals surface area contributed by atoms with Gasteiger partial charge in [-0.25, -0.2) is 9.37 Å². The quantitative estimate of drug-likeness (QED) is 0.526. The molecule has 2 N–H and O–H groups in total. The van der Waals surface area contributed by atoms with E-state index in [2.05, 4.69) is 33.4 Å². The number of nitrogens with one attached hydrogen (secondary N) is 1. The smallest absolute Gasteiger partial charge is 0.255 e. The number of piperidine rings is 2.